The fourth-order valence-electron chi connectivity index (χ4n) is 2.78. The van der Waals surface area contributed by atoms with Gasteiger partial charge < -0.3 is 14.7 Å². The van der Waals surface area contributed by atoms with Crippen LogP contribution in [0.15, 0.2) is 18.2 Å². The van der Waals surface area contributed by atoms with Crippen LogP contribution in [0, 0.1) is 13.8 Å². The number of nitrogens with zero attached hydrogens (tertiary/aromatic N) is 2. The van der Waals surface area contributed by atoms with Gasteiger partial charge in [0, 0.05) is 32.7 Å². The van der Waals surface area contributed by atoms with E-state index in [1.807, 2.05) is 32.0 Å². The number of carbonyl (C=O) groups is 2. The van der Waals surface area contributed by atoms with Crippen LogP contribution in [0.5, 0.6) is 5.75 Å². The quantitative estimate of drug-likeness (QED) is 0.857. The molecule has 1 aliphatic rings. The number of ether oxygens (including phenoxy) is 1. The van der Waals surface area contributed by atoms with Gasteiger partial charge in [-0.05, 0) is 38.0 Å². The Balaban J connectivity index is 1.86. The van der Waals surface area contributed by atoms with E-state index in [-0.39, 0.29) is 12.3 Å². The van der Waals surface area contributed by atoms with E-state index in [4.69, 9.17) is 9.84 Å². The van der Waals surface area contributed by atoms with Crippen LogP contribution in [0.25, 0.3) is 0 Å². The van der Waals surface area contributed by atoms with Crippen molar-refractivity contribution in [3.05, 3.63) is 29.3 Å². The van der Waals surface area contributed by atoms with Gasteiger partial charge in [-0.25, -0.2) is 0 Å². The first-order valence-electron chi connectivity index (χ1n) is 8.33. The molecule has 1 aromatic carbocycles. The molecule has 0 aliphatic carbocycles. The number of amides is 1. The van der Waals surface area contributed by atoms with Crippen LogP contribution in [0.4, 0.5) is 0 Å². The van der Waals surface area contributed by atoms with Crippen LogP contribution in [0.3, 0.4) is 0 Å². The molecule has 1 saturated heterocycles. The van der Waals surface area contributed by atoms with Gasteiger partial charge in [-0.15, -0.1) is 0 Å². The standard InChI is InChI=1S/C18H26N2O4/c1-13-4-5-14(2)16(12-13)24-15(3)18(23)20-10-8-19(9-11-20)7-6-17(21)22/h4-5,12,15H,6-11H2,1-3H3,(H,21,22)/t15-/m1/s1. The molecule has 1 N–H and O–H groups in total. The molecule has 0 aromatic heterocycles. The van der Waals surface area contributed by atoms with E-state index in [1.54, 1.807) is 11.8 Å². The number of hydrogen-bond donors (Lipinski definition) is 1. The molecule has 2 rings (SSSR count). The van der Waals surface area contributed by atoms with Crippen LogP contribution >= 0.6 is 0 Å². The Morgan fingerprint density at radius 3 is 2.50 bits per heavy atom. The van der Waals surface area contributed by atoms with Gasteiger partial charge in [0.2, 0.25) is 0 Å². The molecule has 1 heterocycles. The van der Waals surface area contributed by atoms with E-state index in [0.29, 0.717) is 32.7 Å². The summed E-state index contributed by atoms with van der Waals surface area (Å²) in [6.07, 6.45) is -0.392. The van der Waals surface area contributed by atoms with Gasteiger partial charge >= 0.3 is 5.97 Å². The summed E-state index contributed by atoms with van der Waals surface area (Å²) >= 11 is 0. The Hall–Kier alpha value is -2.08. The number of piperazine rings is 1. The van der Waals surface area contributed by atoms with E-state index in [1.165, 1.54) is 0 Å². The summed E-state index contributed by atoms with van der Waals surface area (Å²) in [6.45, 7) is 8.90. The summed E-state index contributed by atoms with van der Waals surface area (Å²) < 4.78 is 5.86. The normalized spacial score (nSPS) is 16.7. The zero-order chi connectivity index (χ0) is 17.7. The van der Waals surface area contributed by atoms with Gasteiger partial charge in [-0.3, -0.25) is 14.5 Å². The topological polar surface area (TPSA) is 70.1 Å². The van der Waals surface area contributed by atoms with E-state index in [2.05, 4.69) is 4.90 Å². The Morgan fingerprint density at radius 2 is 1.88 bits per heavy atom. The molecule has 0 radical (unpaired) electrons. The molecular weight excluding hydrogens is 308 g/mol. The zero-order valence-electron chi connectivity index (χ0n) is 14.6. The van der Waals surface area contributed by atoms with Gasteiger partial charge in [0.25, 0.3) is 5.91 Å². The maximum Gasteiger partial charge on any atom is 0.304 e. The van der Waals surface area contributed by atoms with Crippen molar-refractivity contribution < 1.29 is 19.4 Å². The molecule has 1 aliphatic heterocycles. The Labute approximate surface area is 143 Å². The summed E-state index contributed by atoms with van der Waals surface area (Å²) in [5.41, 5.74) is 2.11. The van der Waals surface area contributed by atoms with Gasteiger partial charge in [-0.2, -0.15) is 0 Å². The molecule has 132 valence electrons. The Kier molecular flexibility index (Phi) is 6.20. The Morgan fingerprint density at radius 1 is 1.21 bits per heavy atom. The van der Waals surface area contributed by atoms with E-state index < -0.39 is 12.1 Å². The van der Waals surface area contributed by atoms with Crippen molar-refractivity contribution in [2.45, 2.75) is 33.3 Å². The molecule has 6 heteroatoms. The van der Waals surface area contributed by atoms with Crippen molar-refractivity contribution in [2.24, 2.45) is 0 Å². The second-order valence-electron chi connectivity index (χ2n) is 6.34. The average molecular weight is 334 g/mol. The lowest BCUT2D eigenvalue weighted by Crippen LogP contribution is -2.52. The highest BCUT2D eigenvalue weighted by Gasteiger charge is 2.26. The molecule has 24 heavy (non-hydrogen) atoms. The number of rotatable bonds is 6. The van der Waals surface area contributed by atoms with Crippen molar-refractivity contribution in [3.8, 4) is 5.75 Å². The van der Waals surface area contributed by atoms with E-state index >= 15 is 0 Å². The second kappa shape index (κ2) is 8.15. The number of carbonyl (C=O) groups excluding carboxylic acids is 1. The summed E-state index contributed by atoms with van der Waals surface area (Å²) in [5.74, 6) is -0.0613. The van der Waals surface area contributed by atoms with Gasteiger partial charge in [-0.1, -0.05) is 12.1 Å². The summed E-state index contributed by atoms with van der Waals surface area (Å²) in [7, 11) is 0. The highest BCUT2D eigenvalue weighted by molar-refractivity contribution is 5.81. The maximum absolute atomic E-state index is 12.6. The molecule has 1 amide bonds. The van der Waals surface area contributed by atoms with E-state index in [9.17, 15) is 9.59 Å². The smallest absolute Gasteiger partial charge is 0.304 e. The van der Waals surface area contributed by atoms with Gasteiger partial charge in [0.15, 0.2) is 6.10 Å². The largest absolute Gasteiger partial charge is 0.481 e. The molecule has 1 aromatic rings. The third-order valence-electron chi connectivity index (χ3n) is 4.32. The van der Waals surface area contributed by atoms with Crippen LogP contribution in [-0.4, -0.2) is 65.6 Å². The van der Waals surface area contributed by atoms with Crippen LogP contribution in [0.2, 0.25) is 0 Å². The molecular formula is C18H26N2O4. The first-order chi connectivity index (χ1) is 11.4. The van der Waals surface area contributed by atoms with Crippen molar-refractivity contribution in [1.82, 2.24) is 9.80 Å². The molecule has 0 spiro atoms. The van der Waals surface area contributed by atoms with Crippen molar-refractivity contribution in [3.63, 3.8) is 0 Å². The predicted molar refractivity (Wildman–Crippen MR) is 91.3 cm³/mol. The van der Waals surface area contributed by atoms with Crippen molar-refractivity contribution >= 4 is 11.9 Å². The molecule has 0 unspecified atom stereocenters. The highest BCUT2D eigenvalue weighted by Crippen LogP contribution is 2.21. The van der Waals surface area contributed by atoms with Crippen LogP contribution < -0.4 is 4.74 Å². The molecule has 1 fully saturated rings. The maximum atomic E-state index is 12.6. The number of carboxylic acids is 1. The van der Waals surface area contributed by atoms with Gasteiger partial charge in [0.1, 0.15) is 5.75 Å². The predicted octanol–water partition coefficient (Wildman–Crippen LogP) is 1.69. The minimum atomic E-state index is -0.788. The fourth-order valence-corrected chi connectivity index (χ4v) is 2.78. The lowest BCUT2D eigenvalue weighted by atomic mass is 10.1. The number of aliphatic carboxylic acids is 1. The third kappa shape index (κ3) is 4.96. The number of benzene rings is 1. The lowest BCUT2D eigenvalue weighted by molar-refractivity contribution is -0.141. The number of hydrogen-bond acceptors (Lipinski definition) is 4. The SMILES string of the molecule is Cc1ccc(C)c(O[C@H](C)C(=O)N2CCN(CCC(=O)O)CC2)c1. The molecule has 6 nitrogen and oxygen atoms in total. The minimum Gasteiger partial charge on any atom is -0.481 e. The first-order valence-corrected chi connectivity index (χ1v) is 8.33. The number of aryl methyl sites for hydroxylation is 2. The van der Waals surface area contributed by atoms with E-state index in [0.717, 1.165) is 16.9 Å². The first kappa shape index (κ1) is 18.3. The van der Waals surface area contributed by atoms with Crippen LogP contribution in [-0.2, 0) is 9.59 Å². The summed E-state index contributed by atoms with van der Waals surface area (Å²) in [6, 6.07) is 5.96. The highest BCUT2D eigenvalue weighted by atomic mass is 16.5. The van der Waals surface area contributed by atoms with Gasteiger partial charge in [0.05, 0.1) is 6.42 Å². The summed E-state index contributed by atoms with van der Waals surface area (Å²) in [5, 5.41) is 8.73. The molecule has 0 bridgehead atoms. The molecule has 1 atom stereocenters. The summed E-state index contributed by atoms with van der Waals surface area (Å²) in [4.78, 5) is 27.1. The molecule has 0 saturated carbocycles. The van der Waals surface area contributed by atoms with Crippen molar-refractivity contribution in [2.75, 3.05) is 32.7 Å². The average Bonchev–Trinajstić information content (AvgIpc) is 2.56. The monoisotopic (exact) mass is 334 g/mol. The fraction of sp³-hybridized carbons (Fsp3) is 0.556. The van der Waals surface area contributed by atoms with Crippen molar-refractivity contribution in [1.29, 1.82) is 0 Å². The lowest BCUT2D eigenvalue weighted by Gasteiger charge is -2.35. The second-order valence-corrected chi connectivity index (χ2v) is 6.34. The minimum absolute atomic E-state index is 0.0196. The Bertz CT molecular complexity index is 595. The third-order valence-corrected chi connectivity index (χ3v) is 4.32. The zero-order valence-corrected chi connectivity index (χ0v) is 14.6. The number of carboxylic acid groups (broad SMARTS) is 1. The van der Waals surface area contributed by atoms with Crippen LogP contribution in [0.1, 0.15) is 24.5 Å².